The van der Waals surface area contributed by atoms with Gasteiger partial charge in [-0.3, -0.25) is 14.3 Å². The number of nitrogens with zero attached hydrogens (tertiary/aromatic N) is 1. The van der Waals surface area contributed by atoms with Crippen LogP contribution in [0.15, 0.2) is 21.9 Å². The minimum Gasteiger partial charge on any atom is -0.394 e. The van der Waals surface area contributed by atoms with Gasteiger partial charge in [-0.25, -0.2) is 4.79 Å². The normalized spacial score (nSPS) is 32.9. The molecule has 0 aliphatic carbocycles. The van der Waals surface area contributed by atoms with Crippen LogP contribution < -0.4 is 11.2 Å². The number of alkyl halides is 1. The molecule has 2 rings (SSSR count). The van der Waals surface area contributed by atoms with Crippen LogP contribution in [0.2, 0.25) is 0 Å². The van der Waals surface area contributed by atoms with E-state index in [9.17, 15) is 14.7 Å². The van der Waals surface area contributed by atoms with Gasteiger partial charge in [0.25, 0.3) is 5.56 Å². The molecule has 0 saturated carbocycles. The van der Waals surface area contributed by atoms with Gasteiger partial charge >= 0.3 is 5.69 Å². The first-order valence-corrected chi connectivity index (χ1v) is 5.38. The van der Waals surface area contributed by atoms with Crippen molar-refractivity contribution in [1.82, 2.24) is 9.55 Å². The van der Waals surface area contributed by atoms with E-state index in [0.717, 1.165) is 10.6 Å². The van der Waals surface area contributed by atoms with Gasteiger partial charge in [-0.05, 0) is 0 Å². The Hall–Kier alpha value is -1.15. The molecular weight excluding hydrogens is 252 g/mol. The largest absolute Gasteiger partial charge is 0.394 e. The SMILES string of the molecule is O=c1ccn([C@@H]2O[C@@H](CO)[C@@H](O)[C@@H]2Cl)c(=O)[nH]1. The van der Waals surface area contributed by atoms with E-state index < -0.39 is 41.7 Å². The molecule has 4 atom stereocenters. The Kier molecular flexibility index (Phi) is 3.34. The number of hydrogen-bond donors (Lipinski definition) is 3. The van der Waals surface area contributed by atoms with Crippen molar-refractivity contribution in [2.75, 3.05) is 6.61 Å². The van der Waals surface area contributed by atoms with Gasteiger partial charge in [0, 0.05) is 12.3 Å². The van der Waals surface area contributed by atoms with Crippen LogP contribution >= 0.6 is 11.6 Å². The Morgan fingerprint density at radius 3 is 2.76 bits per heavy atom. The van der Waals surface area contributed by atoms with E-state index >= 15 is 0 Å². The highest BCUT2D eigenvalue weighted by molar-refractivity contribution is 6.21. The zero-order chi connectivity index (χ0) is 12.6. The molecule has 1 aromatic rings. The number of H-pyrrole nitrogens is 1. The lowest BCUT2D eigenvalue weighted by Crippen LogP contribution is -2.35. The van der Waals surface area contributed by atoms with Crippen molar-refractivity contribution in [3.05, 3.63) is 33.1 Å². The molecular formula is C9H11ClN2O5. The molecule has 3 N–H and O–H groups in total. The van der Waals surface area contributed by atoms with E-state index in [2.05, 4.69) is 4.98 Å². The third kappa shape index (κ3) is 2.14. The summed E-state index contributed by atoms with van der Waals surface area (Å²) in [4.78, 5) is 24.4. The van der Waals surface area contributed by atoms with E-state index in [1.807, 2.05) is 0 Å². The molecule has 0 unspecified atom stereocenters. The van der Waals surface area contributed by atoms with Crippen LogP contribution in [-0.2, 0) is 4.74 Å². The highest BCUT2D eigenvalue weighted by Crippen LogP contribution is 2.31. The maximum absolute atomic E-state index is 11.5. The topological polar surface area (TPSA) is 105 Å². The van der Waals surface area contributed by atoms with Gasteiger partial charge in [-0.2, -0.15) is 0 Å². The molecule has 0 bridgehead atoms. The van der Waals surface area contributed by atoms with Crippen molar-refractivity contribution in [1.29, 1.82) is 0 Å². The van der Waals surface area contributed by atoms with Crippen LogP contribution in [0.1, 0.15) is 6.23 Å². The van der Waals surface area contributed by atoms with Crippen molar-refractivity contribution >= 4 is 11.6 Å². The second kappa shape index (κ2) is 4.61. The minimum absolute atomic E-state index is 0.404. The van der Waals surface area contributed by atoms with Crippen LogP contribution in [0.25, 0.3) is 0 Å². The predicted octanol–water partition coefficient (Wildman–Crippen LogP) is -1.61. The number of nitrogens with one attached hydrogen (secondary N) is 1. The van der Waals surface area contributed by atoms with Crippen LogP contribution in [0, 0.1) is 0 Å². The molecule has 1 aliphatic rings. The van der Waals surface area contributed by atoms with Gasteiger partial charge in [-0.1, -0.05) is 0 Å². The van der Waals surface area contributed by atoms with E-state index in [1.54, 1.807) is 0 Å². The first kappa shape index (κ1) is 12.3. The zero-order valence-corrected chi connectivity index (χ0v) is 9.37. The summed E-state index contributed by atoms with van der Waals surface area (Å²) < 4.78 is 6.32. The molecule has 17 heavy (non-hydrogen) atoms. The fourth-order valence-corrected chi connectivity index (χ4v) is 2.05. The summed E-state index contributed by atoms with van der Waals surface area (Å²) in [7, 11) is 0. The quantitative estimate of drug-likeness (QED) is 0.557. The van der Waals surface area contributed by atoms with Gasteiger partial charge in [0.05, 0.1) is 6.61 Å². The molecule has 1 saturated heterocycles. The minimum atomic E-state index is -1.08. The molecule has 1 aromatic heterocycles. The first-order valence-electron chi connectivity index (χ1n) is 4.94. The zero-order valence-electron chi connectivity index (χ0n) is 8.62. The van der Waals surface area contributed by atoms with Gasteiger partial charge < -0.3 is 14.9 Å². The van der Waals surface area contributed by atoms with Crippen molar-refractivity contribution in [2.45, 2.75) is 23.8 Å². The van der Waals surface area contributed by atoms with E-state index in [4.69, 9.17) is 21.4 Å². The lowest BCUT2D eigenvalue weighted by Gasteiger charge is -2.15. The van der Waals surface area contributed by atoms with E-state index in [1.165, 1.54) is 6.20 Å². The highest BCUT2D eigenvalue weighted by Gasteiger charge is 2.43. The lowest BCUT2D eigenvalue weighted by atomic mass is 10.2. The third-order valence-electron chi connectivity index (χ3n) is 2.60. The molecule has 1 fully saturated rings. The Labute approximate surface area is 100 Å². The highest BCUT2D eigenvalue weighted by atomic mass is 35.5. The molecule has 0 aromatic carbocycles. The van der Waals surface area contributed by atoms with Crippen LogP contribution in [0.5, 0.6) is 0 Å². The number of ether oxygens (including phenoxy) is 1. The Bertz CT molecular complexity index is 513. The summed E-state index contributed by atoms with van der Waals surface area (Å²) in [6.45, 7) is -0.404. The number of hydrogen-bond acceptors (Lipinski definition) is 5. The molecule has 7 nitrogen and oxygen atoms in total. The number of rotatable bonds is 2. The van der Waals surface area contributed by atoms with Gasteiger partial charge in [-0.15, -0.1) is 11.6 Å². The number of aromatic nitrogens is 2. The van der Waals surface area contributed by atoms with Crippen molar-refractivity contribution in [3.63, 3.8) is 0 Å². The number of halogens is 1. The monoisotopic (exact) mass is 262 g/mol. The number of aromatic amines is 1. The average Bonchev–Trinajstić information content (AvgIpc) is 2.57. The Morgan fingerprint density at radius 1 is 1.53 bits per heavy atom. The average molecular weight is 263 g/mol. The molecule has 1 aliphatic heterocycles. The second-order valence-corrected chi connectivity index (χ2v) is 4.20. The van der Waals surface area contributed by atoms with Crippen molar-refractivity contribution in [3.8, 4) is 0 Å². The van der Waals surface area contributed by atoms with Gasteiger partial charge in [0.15, 0.2) is 6.23 Å². The maximum atomic E-state index is 11.5. The molecule has 8 heteroatoms. The summed E-state index contributed by atoms with van der Waals surface area (Å²) in [5, 5.41) is 17.7. The maximum Gasteiger partial charge on any atom is 0.330 e. The molecule has 0 radical (unpaired) electrons. The summed E-state index contributed by atoms with van der Waals surface area (Å²) in [6.07, 6.45) is -1.62. The second-order valence-electron chi connectivity index (χ2n) is 3.70. The summed E-state index contributed by atoms with van der Waals surface area (Å²) in [5.41, 5.74) is -1.21. The Balaban J connectivity index is 2.35. The lowest BCUT2D eigenvalue weighted by molar-refractivity contribution is -0.0457. The summed E-state index contributed by atoms with van der Waals surface area (Å²) in [6, 6.07) is 1.15. The molecule has 0 spiro atoms. The predicted molar refractivity (Wildman–Crippen MR) is 58.0 cm³/mol. The summed E-state index contributed by atoms with van der Waals surface area (Å²) in [5.74, 6) is 0. The molecule has 0 amide bonds. The first-order chi connectivity index (χ1) is 8.04. The fourth-order valence-electron chi connectivity index (χ4n) is 1.71. The Morgan fingerprint density at radius 2 is 2.24 bits per heavy atom. The van der Waals surface area contributed by atoms with Crippen LogP contribution in [0.3, 0.4) is 0 Å². The number of aliphatic hydroxyl groups excluding tert-OH is 2. The van der Waals surface area contributed by atoms with E-state index in [-0.39, 0.29) is 0 Å². The van der Waals surface area contributed by atoms with Crippen LogP contribution in [-0.4, -0.2) is 44.0 Å². The fraction of sp³-hybridized carbons (Fsp3) is 0.556. The third-order valence-corrected chi connectivity index (χ3v) is 3.07. The molecule has 94 valence electrons. The summed E-state index contributed by atoms with van der Waals surface area (Å²) >= 11 is 5.91. The standard InChI is InChI=1S/C9H11ClN2O5/c10-6-7(15)4(3-13)17-8(6)12-2-1-5(14)11-9(12)16/h1-2,4,6-8,13,15H,3H2,(H,11,14,16)/t4-,6-,7+,8+/m0/s1. The number of aliphatic hydroxyl groups is 2. The van der Waals surface area contributed by atoms with Gasteiger partial charge in [0.1, 0.15) is 17.6 Å². The van der Waals surface area contributed by atoms with Gasteiger partial charge in [0.2, 0.25) is 0 Å². The smallest absolute Gasteiger partial charge is 0.330 e. The van der Waals surface area contributed by atoms with Crippen LogP contribution in [0.4, 0.5) is 0 Å². The van der Waals surface area contributed by atoms with Crippen molar-refractivity contribution < 1.29 is 14.9 Å². The molecule has 2 heterocycles. The van der Waals surface area contributed by atoms with Crippen molar-refractivity contribution in [2.24, 2.45) is 0 Å². The van der Waals surface area contributed by atoms with E-state index in [0.29, 0.717) is 0 Å².